The molecule has 86 valence electrons. The first-order valence-corrected chi connectivity index (χ1v) is 5.04. The van der Waals surface area contributed by atoms with Gasteiger partial charge < -0.3 is 9.47 Å². The molecule has 0 aliphatic carbocycles. The Morgan fingerprint density at radius 2 is 1.94 bits per heavy atom. The number of hydrogen-bond acceptors (Lipinski definition) is 3. The predicted octanol–water partition coefficient (Wildman–Crippen LogP) is 2.36. The first-order valence-electron chi connectivity index (χ1n) is 5.04. The first kappa shape index (κ1) is 12.3. The Balaban J connectivity index is 2.46. The summed E-state index contributed by atoms with van der Waals surface area (Å²) in [6, 6.07) is 7.34. The van der Waals surface area contributed by atoms with Crippen molar-refractivity contribution in [2.75, 3.05) is 13.7 Å². The summed E-state index contributed by atoms with van der Waals surface area (Å²) in [5.74, 6) is 0.534. The van der Waals surface area contributed by atoms with Crippen LogP contribution in [0, 0.1) is 0 Å². The molecule has 3 heteroatoms. The normalized spacial score (nSPS) is 9.62. The fraction of sp³-hybridized carbons (Fsp3) is 0.308. The van der Waals surface area contributed by atoms with Gasteiger partial charge in [-0.3, -0.25) is 4.79 Å². The standard InChI is InChI=1S/C13H16O3/c1-10(2)9-16-13(14)8-11-4-6-12(15-3)7-5-11/h4-7H,1,8-9H2,2-3H3. The predicted molar refractivity (Wildman–Crippen MR) is 62.5 cm³/mol. The number of ether oxygens (including phenoxy) is 2. The molecule has 0 bridgehead atoms. The van der Waals surface area contributed by atoms with E-state index in [1.54, 1.807) is 7.11 Å². The Bertz CT molecular complexity index is 365. The monoisotopic (exact) mass is 220 g/mol. The third kappa shape index (κ3) is 4.17. The molecule has 0 atom stereocenters. The molecule has 16 heavy (non-hydrogen) atoms. The molecule has 0 heterocycles. The van der Waals surface area contributed by atoms with Gasteiger partial charge in [-0.15, -0.1) is 0 Å². The second kappa shape index (κ2) is 5.95. The molecule has 1 rings (SSSR count). The van der Waals surface area contributed by atoms with Gasteiger partial charge in [0.1, 0.15) is 12.4 Å². The van der Waals surface area contributed by atoms with Crippen LogP contribution in [0.3, 0.4) is 0 Å². The third-order valence-corrected chi connectivity index (χ3v) is 1.99. The minimum atomic E-state index is -0.242. The molecule has 1 aromatic rings. The van der Waals surface area contributed by atoms with Gasteiger partial charge in [0, 0.05) is 0 Å². The van der Waals surface area contributed by atoms with E-state index in [-0.39, 0.29) is 19.0 Å². The summed E-state index contributed by atoms with van der Waals surface area (Å²) in [5.41, 5.74) is 1.75. The molecule has 0 fully saturated rings. The Morgan fingerprint density at radius 1 is 1.31 bits per heavy atom. The number of esters is 1. The molecule has 0 radical (unpaired) electrons. The zero-order valence-corrected chi connectivity index (χ0v) is 9.66. The maximum atomic E-state index is 11.4. The van der Waals surface area contributed by atoms with Gasteiger partial charge in [-0.05, 0) is 30.2 Å². The highest BCUT2D eigenvalue weighted by molar-refractivity contribution is 5.72. The summed E-state index contributed by atoms with van der Waals surface area (Å²) in [7, 11) is 1.61. The second-order valence-corrected chi connectivity index (χ2v) is 3.64. The fourth-order valence-electron chi connectivity index (χ4n) is 1.16. The first-order chi connectivity index (χ1) is 7.61. The van der Waals surface area contributed by atoms with Crippen molar-refractivity contribution in [3.8, 4) is 5.75 Å². The number of benzene rings is 1. The molecular weight excluding hydrogens is 204 g/mol. The van der Waals surface area contributed by atoms with Crippen molar-refractivity contribution in [2.24, 2.45) is 0 Å². The summed E-state index contributed by atoms with van der Waals surface area (Å²) in [6.07, 6.45) is 0.275. The van der Waals surface area contributed by atoms with Gasteiger partial charge in [0.25, 0.3) is 0 Å². The highest BCUT2D eigenvalue weighted by atomic mass is 16.5. The van der Waals surface area contributed by atoms with Crippen LogP contribution in [-0.2, 0) is 16.0 Å². The number of carbonyl (C=O) groups is 1. The van der Waals surface area contributed by atoms with Crippen molar-refractivity contribution in [1.29, 1.82) is 0 Å². The minimum Gasteiger partial charge on any atom is -0.497 e. The number of methoxy groups -OCH3 is 1. The highest BCUT2D eigenvalue weighted by Gasteiger charge is 2.04. The van der Waals surface area contributed by atoms with E-state index in [4.69, 9.17) is 9.47 Å². The lowest BCUT2D eigenvalue weighted by Crippen LogP contribution is -2.09. The average Bonchev–Trinajstić information content (AvgIpc) is 2.27. The smallest absolute Gasteiger partial charge is 0.310 e. The van der Waals surface area contributed by atoms with Crippen LogP contribution in [0.25, 0.3) is 0 Å². The Kier molecular flexibility index (Phi) is 4.58. The second-order valence-electron chi connectivity index (χ2n) is 3.64. The van der Waals surface area contributed by atoms with Crippen LogP contribution in [0.4, 0.5) is 0 Å². The minimum absolute atomic E-state index is 0.242. The quantitative estimate of drug-likeness (QED) is 0.564. The van der Waals surface area contributed by atoms with Gasteiger partial charge in [-0.25, -0.2) is 0 Å². The largest absolute Gasteiger partial charge is 0.497 e. The SMILES string of the molecule is C=C(C)COC(=O)Cc1ccc(OC)cc1. The van der Waals surface area contributed by atoms with Crippen LogP contribution in [0.5, 0.6) is 5.75 Å². The van der Waals surface area contributed by atoms with Crippen molar-refractivity contribution < 1.29 is 14.3 Å². The van der Waals surface area contributed by atoms with Crippen LogP contribution < -0.4 is 4.74 Å². The van der Waals surface area contributed by atoms with Crippen molar-refractivity contribution in [3.05, 3.63) is 42.0 Å². The van der Waals surface area contributed by atoms with Crippen molar-refractivity contribution in [3.63, 3.8) is 0 Å². The number of rotatable bonds is 5. The molecule has 0 unspecified atom stereocenters. The topological polar surface area (TPSA) is 35.5 Å². The van der Waals surface area contributed by atoms with E-state index in [1.165, 1.54) is 0 Å². The molecule has 0 amide bonds. The van der Waals surface area contributed by atoms with Crippen molar-refractivity contribution >= 4 is 5.97 Å². The van der Waals surface area contributed by atoms with E-state index < -0.39 is 0 Å². The average molecular weight is 220 g/mol. The molecule has 0 aliphatic rings. The summed E-state index contributed by atoms with van der Waals surface area (Å²) < 4.78 is 10.0. The molecule has 0 aliphatic heterocycles. The molecule has 0 saturated carbocycles. The summed E-state index contributed by atoms with van der Waals surface area (Å²) >= 11 is 0. The summed E-state index contributed by atoms with van der Waals surface area (Å²) in [4.78, 5) is 11.4. The molecule has 1 aromatic carbocycles. The molecule has 3 nitrogen and oxygen atoms in total. The summed E-state index contributed by atoms with van der Waals surface area (Å²) in [6.45, 7) is 5.77. The van der Waals surface area contributed by atoms with Gasteiger partial charge >= 0.3 is 5.97 Å². The van der Waals surface area contributed by atoms with Gasteiger partial charge in [-0.1, -0.05) is 18.7 Å². The van der Waals surface area contributed by atoms with Crippen LogP contribution in [0.2, 0.25) is 0 Å². The maximum absolute atomic E-state index is 11.4. The number of hydrogen-bond donors (Lipinski definition) is 0. The molecule has 0 spiro atoms. The van der Waals surface area contributed by atoms with Gasteiger partial charge in [0.15, 0.2) is 0 Å². The van der Waals surface area contributed by atoms with Crippen molar-refractivity contribution in [2.45, 2.75) is 13.3 Å². The Morgan fingerprint density at radius 3 is 2.44 bits per heavy atom. The van der Waals surface area contributed by atoms with Crippen LogP contribution in [-0.4, -0.2) is 19.7 Å². The fourth-order valence-corrected chi connectivity index (χ4v) is 1.16. The van der Waals surface area contributed by atoms with Crippen LogP contribution in [0.1, 0.15) is 12.5 Å². The van der Waals surface area contributed by atoms with E-state index in [0.29, 0.717) is 0 Å². The molecular formula is C13H16O3. The lowest BCUT2D eigenvalue weighted by molar-refractivity contribution is -0.141. The zero-order valence-electron chi connectivity index (χ0n) is 9.66. The molecule has 0 N–H and O–H groups in total. The molecule has 0 aromatic heterocycles. The van der Waals surface area contributed by atoms with E-state index >= 15 is 0 Å². The van der Waals surface area contributed by atoms with Crippen molar-refractivity contribution in [1.82, 2.24) is 0 Å². The Hall–Kier alpha value is -1.77. The van der Waals surface area contributed by atoms with Gasteiger partial charge in [0.05, 0.1) is 13.5 Å². The highest BCUT2D eigenvalue weighted by Crippen LogP contribution is 2.12. The van der Waals surface area contributed by atoms with Gasteiger partial charge in [-0.2, -0.15) is 0 Å². The summed E-state index contributed by atoms with van der Waals surface area (Å²) in [5, 5.41) is 0. The lowest BCUT2D eigenvalue weighted by atomic mass is 10.1. The van der Waals surface area contributed by atoms with Crippen LogP contribution in [0.15, 0.2) is 36.4 Å². The lowest BCUT2D eigenvalue weighted by Gasteiger charge is -2.05. The van der Waals surface area contributed by atoms with E-state index in [2.05, 4.69) is 6.58 Å². The maximum Gasteiger partial charge on any atom is 0.310 e. The Labute approximate surface area is 95.7 Å². The van der Waals surface area contributed by atoms with E-state index in [1.807, 2.05) is 31.2 Å². The third-order valence-electron chi connectivity index (χ3n) is 1.99. The number of carbonyl (C=O) groups excluding carboxylic acids is 1. The van der Waals surface area contributed by atoms with E-state index in [0.717, 1.165) is 16.9 Å². The molecule has 0 saturated heterocycles. The van der Waals surface area contributed by atoms with Gasteiger partial charge in [0.2, 0.25) is 0 Å². The zero-order chi connectivity index (χ0) is 12.0. The van der Waals surface area contributed by atoms with Crippen LogP contribution >= 0.6 is 0 Å². The van der Waals surface area contributed by atoms with E-state index in [9.17, 15) is 4.79 Å².